The first-order valence-corrected chi connectivity index (χ1v) is 9.98. The van der Waals surface area contributed by atoms with E-state index >= 15 is 0 Å². The fourth-order valence-corrected chi connectivity index (χ4v) is 5.38. The predicted molar refractivity (Wildman–Crippen MR) is 75.4 cm³/mol. The van der Waals surface area contributed by atoms with E-state index in [0.29, 0.717) is 3.57 Å². The number of aryl methyl sites for hydroxylation is 2. The average Bonchev–Trinajstić information content (AvgIpc) is 2.38. The van der Waals surface area contributed by atoms with Crippen LogP contribution in [0.5, 0.6) is 5.75 Å². The average molecular weight is 457 g/mol. The third-order valence-corrected chi connectivity index (χ3v) is 6.40. The van der Waals surface area contributed by atoms with Gasteiger partial charge in [-0.1, -0.05) is 18.2 Å². The van der Waals surface area contributed by atoms with Crippen LogP contribution in [0.15, 0.2) is 42.5 Å². The fraction of sp³-hybridized carbons (Fsp3) is 0.200. The Morgan fingerprint density at radius 3 is 2.13 bits per heavy atom. The van der Waals surface area contributed by atoms with Crippen molar-refractivity contribution >= 4 is 10.1 Å². The smallest absolute Gasteiger partial charge is 0.371 e. The molecule has 124 valence electrons. The largest absolute Gasteiger partial charge is 0.534 e. The van der Waals surface area contributed by atoms with E-state index in [9.17, 15) is 21.6 Å². The monoisotopic (exact) mass is 457 g/mol. The molecule has 2 aromatic rings. The van der Waals surface area contributed by atoms with Crippen LogP contribution in [0.3, 0.4) is 0 Å². The lowest BCUT2D eigenvalue weighted by Crippen LogP contribution is -3.61. The predicted octanol–water partition coefficient (Wildman–Crippen LogP) is 0.660. The minimum Gasteiger partial charge on any atom is -0.371 e. The van der Waals surface area contributed by atoms with Crippen molar-refractivity contribution < 1.29 is 47.0 Å². The van der Waals surface area contributed by atoms with Crippen molar-refractivity contribution in [1.29, 1.82) is 0 Å². The van der Waals surface area contributed by atoms with E-state index in [0.717, 1.165) is 14.7 Å². The molecule has 0 fully saturated rings. The second-order valence-electron chi connectivity index (χ2n) is 4.81. The molecule has 2 aromatic carbocycles. The number of alkyl halides is 3. The van der Waals surface area contributed by atoms with Crippen LogP contribution in [-0.2, 0) is 10.1 Å². The Morgan fingerprint density at radius 1 is 1.00 bits per heavy atom. The highest BCUT2D eigenvalue weighted by atomic mass is 127. The fourth-order valence-electron chi connectivity index (χ4n) is 1.85. The lowest BCUT2D eigenvalue weighted by molar-refractivity contribution is -0.598. The van der Waals surface area contributed by atoms with Crippen molar-refractivity contribution in [3.63, 3.8) is 0 Å². The summed E-state index contributed by atoms with van der Waals surface area (Å²) in [5, 5.41) is 0. The van der Waals surface area contributed by atoms with Crippen LogP contribution in [0.2, 0.25) is 0 Å². The Hall–Kier alpha value is -1.29. The molecule has 0 amide bonds. The van der Waals surface area contributed by atoms with Gasteiger partial charge in [0.15, 0.2) is 9.32 Å². The maximum absolute atomic E-state index is 12.5. The van der Waals surface area contributed by atoms with Crippen molar-refractivity contribution in [2.75, 3.05) is 0 Å². The first-order valence-electron chi connectivity index (χ1n) is 6.41. The van der Waals surface area contributed by atoms with Crippen molar-refractivity contribution in [2.45, 2.75) is 19.4 Å². The molecule has 0 aliphatic carbocycles. The van der Waals surface area contributed by atoms with Crippen LogP contribution < -0.4 is 25.4 Å². The van der Waals surface area contributed by atoms with Gasteiger partial charge in [-0.15, -0.1) is 0 Å². The van der Waals surface area contributed by atoms with Crippen LogP contribution in [0.4, 0.5) is 13.2 Å². The van der Waals surface area contributed by atoms with Gasteiger partial charge in [0, 0.05) is 0 Å². The van der Waals surface area contributed by atoms with E-state index in [1.807, 2.05) is 32.0 Å². The summed E-state index contributed by atoms with van der Waals surface area (Å²) in [4.78, 5) is 0. The zero-order valence-electron chi connectivity index (χ0n) is 12.2. The molecule has 0 saturated heterocycles. The van der Waals surface area contributed by atoms with Crippen LogP contribution in [0.25, 0.3) is 0 Å². The second-order valence-corrected chi connectivity index (χ2v) is 9.30. The van der Waals surface area contributed by atoms with Gasteiger partial charge in [0.1, 0.15) is 0 Å². The van der Waals surface area contributed by atoms with Crippen LogP contribution in [-0.4, -0.2) is 13.9 Å². The van der Waals surface area contributed by atoms with Crippen LogP contribution in [0.1, 0.15) is 11.1 Å². The zero-order chi connectivity index (χ0) is 17.3. The first kappa shape index (κ1) is 18.1. The van der Waals surface area contributed by atoms with Gasteiger partial charge in [-0.05, 0) is 49.2 Å². The molecule has 3 nitrogen and oxygen atoms in total. The van der Waals surface area contributed by atoms with Gasteiger partial charge in [0.25, 0.3) is 0 Å². The summed E-state index contributed by atoms with van der Waals surface area (Å²) < 4.78 is 65.6. The number of para-hydroxylation sites is 1. The summed E-state index contributed by atoms with van der Waals surface area (Å²) in [6.45, 7) is 3.85. The van der Waals surface area contributed by atoms with E-state index in [1.165, 1.54) is 12.1 Å². The van der Waals surface area contributed by atoms with Gasteiger partial charge < -0.3 is 4.18 Å². The van der Waals surface area contributed by atoms with Gasteiger partial charge in [0.2, 0.25) is 3.57 Å². The molecule has 2 rings (SSSR count). The quantitative estimate of drug-likeness (QED) is 0.385. The normalized spacial score (nSPS) is 12.2. The van der Waals surface area contributed by atoms with Gasteiger partial charge >= 0.3 is 36.8 Å². The second kappa shape index (κ2) is 6.68. The van der Waals surface area contributed by atoms with E-state index in [1.54, 1.807) is 12.1 Å². The number of rotatable bonds is 4. The van der Waals surface area contributed by atoms with E-state index in [2.05, 4.69) is 4.18 Å². The molecule has 0 bridgehead atoms. The Balaban J connectivity index is 2.35. The van der Waals surface area contributed by atoms with E-state index in [-0.39, 0.29) is 5.75 Å². The zero-order valence-corrected chi connectivity index (χ0v) is 15.2. The minimum absolute atomic E-state index is 0.267. The van der Waals surface area contributed by atoms with Crippen LogP contribution >= 0.6 is 0 Å². The van der Waals surface area contributed by atoms with Gasteiger partial charge in [-0.3, -0.25) is 0 Å². The highest BCUT2D eigenvalue weighted by Crippen LogP contribution is 2.26. The molecule has 0 radical (unpaired) electrons. The molecular weight excluding hydrogens is 444 g/mol. The standard InChI is InChI=1S/C15H13F3IO3S/c1-10-7-11(2)9-12(8-10)19-13-5-3-4-6-14(13)22-23(20,21)15(16,17)18/h3-9H,1-2H3/q+1. The van der Waals surface area contributed by atoms with Gasteiger partial charge in [-0.2, -0.15) is 21.6 Å². The summed E-state index contributed by atoms with van der Waals surface area (Å²) in [5.41, 5.74) is -3.36. The number of hydrogen-bond donors (Lipinski definition) is 0. The van der Waals surface area contributed by atoms with Crippen molar-refractivity contribution in [1.82, 2.24) is 0 Å². The highest BCUT2D eigenvalue weighted by Gasteiger charge is 2.49. The third-order valence-electron chi connectivity index (χ3n) is 2.72. The lowest BCUT2D eigenvalue weighted by atomic mass is 10.2. The van der Waals surface area contributed by atoms with Gasteiger partial charge in [0.05, 0.1) is 0 Å². The van der Waals surface area contributed by atoms with Crippen LogP contribution in [0, 0.1) is 21.0 Å². The Morgan fingerprint density at radius 2 is 1.57 bits per heavy atom. The summed E-state index contributed by atoms with van der Waals surface area (Å²) in [6, 6.07) is 11.8. The SMILES string of the molecule is Cc1cc(C)cc([I+]c2ccccc2OS(=O)(=O)C(F)(F)F)c1. The maximum atomic E-state index is 12.5. The molecule has 0 heterocycles. The van der Waals surface area contributed by atoms with Crippen molar-refractivity contribution in [3.05, 3.63) is 60.7 Å². The molecule has 0 spiro atoms. The van der Waals surface area contributed by atoms with E-state index < -0.39 is 36.8 Å². The number of hydrogen-bond acceptors (Lipinski definition) is 3. The molecule has 0 aliphatic rings. The highest BCUT2D eigenvalue weighted by molar-refractivity contribution is 7.87. The molecular formula is C15H13F3IO3S+. The molecule has 8 heteroatoms. The van der Waals surface area contributed by atoms with Gasteiger partial charge in [-0.25, -0.2) is 0 Å². The third kappa shape index (κ3) is 4.60. The topological polar surface area (TPSA) is 43.4 Å². The molecule has 0 N–H and O–H groups in total. The summed E-state index contributed by atoms with van der Waals surface area (Å²) in [6.07, 6.45) is 0. The summed E-state index contributed by atoms with van der Waals surface area (Å²) in [7, 11) is -5.66. The Bertz CT molecular complexity index is 797. The summed E-state index contributed by atoms with van der Waals surface area (Å²) >= 11 is -0.875. The molecule has 23 heavy (non-hydrogen) atoms. The Kier molecular flexibility index (Phi) is 5.24. The first-order chi connectivity index (χ1) is 10.6. The maximum Gasteiger partial charge on any atom is 0.534 e. The Labute approximate surface area is 142 Å². The number of benzene rings is 2. The lowest BCUT2D eigenvalue weighted by Gasteiger charge is -2.08. The molecule has 0 saturated carbocycles. The summed E-state index contributed by atoms with van der Waals surface area (Å²) in [5.74, 6) is -0.267. The van der Waals surface area contributed by atoms with E-state index in [4.69, 9.17) is 0 Å². The molecule has 0 unspecified atom stereocenters. The number of halogens is 4. The molecule has 0 aromatic heterocycles. The van der Waals surface area contributed by atoms with Crippen molar-refractivity contribution in [2.24, 2.45) is 0 Å². The molecule has 0 atom stereocenters. The molecule has 0 aliphatic heterocycles. The minimum atomic E-state index is -5.66. The van der Waals surface area contributed by atoms with Crippen molar-refractivity contribution in [3.8, 4) is 5.75 Å².